The van der Waals surface area contributed by atoms with Gasteiger partial charge >= 0.3 is 0 Å². The average Bonchev–Trinajstić information content (AvgIpc) is 3.37. The molecule has 0 bridgehead atoms. The van der Waals surface area contributed by atoms with Crippen molar-refractivity contribution in [1.29, 1.82) is 0 Å². The van der Waals surface area contributed by atoms with Gasteiger partial charge in [-0.3, -0.25) is 4.79 Å². The van der Waals surface area contributed by atoms with Gasteiger partial charge < -0.3 is 20.3 Å². The van der Waals surface area contributed by atoms with Gasteiger partial charge in [0.15, 0.2) is 11.5 Å². The molecule has 1 aromatic heterocycles. The summed E-state index contributed by atoms with van der Waals surface area (Å²) in [4.78, 5) is 11.9. The van der Waals surface area contributed by atoms with Crippen molar-refractivity contribution >= 4 is 17.4 Å². The number of rotatable bonds is 1. The lowest BCUT2D eigenvalue weighted by Gasteiger charge is -2.69. The minimum absolute atomic E-state index is 0.0167. The van der Waals surface area contributed by atoms with E-state index >= 15 is 0 Å². The van der Waals surface area contributed by atoms with Crippen LogP contribution in [0.4, 0.5) is 0 Å². The predicted molar refractivity (Wildman–Crippen MR) is 173 cm³/mol. The summed E-state index contributed by atoms with van der Waals surface area (Å²) in [6.07, 6.45) is 13.7. The molecule has 230 valence electrons. The molecule has 0 radical (unpaired) electrons. The molecule has 2 unspecified atom stereocenters. The lowest BCUT2D eigenvalue weighted by Crippen LogP contribution is -2.61. The van der Waals surface area contributed by atoms with E-state index in [1.807, 2.05) is 13.0 Å². The van der Waals surface area contributed by atoms with E-state index < -0.39 is 0 Å². The number of phenols is 2. The van der Waals surface area contributed by atoms with Crippen molar-refractivity contribution in [2.45, 2.75) is 105 Å². The number of hydrogen-bond acceptors (Lipinski definition) is 3. The highest BCUT2D eigenvalue weighted by molar-refractivity contribution is 5.86. The lowest BCUT2D eigenvalue weighted by molar-refractivity contribution is -0.145. The van der Waals surface area contributed by atoms with Crippen molar-refractivity contribution in [3.05, 3.63) is 69.9 Å². The van der Waals surface area contributed by atoms with Crippen molar-refractivity contribution in [3.63, 3.8) is 0 Å². The third kappa shape index (κ3) is 4.05. The summed E-state index contributed by atoms with van der Waals surface area (Å²) < 4.78 is 0. The van der Waals surface area contributed by atoms with Gasteiger partial charge in [-0.2, -0.15) is 0 Å². The zero-order valence-corrected chi connectivity index (χ0v) is 27.0. The SMILES string of the molecule is Cc1ccc2[nH]cc(C3C=C4C5(C)CC[C@@]6(C)CC[C@H](C)C[C@H]6[C@]5(C)CC[C@@]4(C)c4cc(O)c(O)c(C)c43)c2c1.O=CO. The molecule has 0 aliphatic heterocycles. The zero-order valence-electron chi connectivity index (χ0n) is 27.0. The minimum Gasteiger partial charge on any atom is -0.504 e. The summed E-state index contributed by atoms with van der Waals surface area (Å²) in [7, 11) is 0. The molecule has 3 fully saturated rings. The Morgan fingerprint density at radius 2 is 1.70 bits per heavy atom. The molecule has 0 amide bonds. The second kappa shape index (κ2) is 9.90. The van der Waals surface area contributed by atoms with Gasteiger partial charge in [0.05, 0.1) is 0 Å². The summed E-state index contributed by atoms with van der Waals surface area (Å²) in [6.45, 7) is 16.7. The molecule has 5 heteroatoms. The van der Waals surface area contributed by atoms with Crippen LogP contribution in [-0.2, 0) is 10.2 Å². The maximum atomic E-state index is 11.0. The quantitative estimate of drug-likeness (QED) is 0.130. The van der Waals surface area contributed by atoms with Gasteiger partial charge in [-0.05, 0) is 121 Å². The van der Waals surface area contributed by atoms with Gasteiger partial charge in [0.2, 0.25) is 0 Å². The second-order valence-corrected chi connectivity index (χ2v) is 15.5. The van der Waals surface area contributed by atoms with E-state index in [1.165, 1.54) is 66.2 Å². The van der Waals surface area contributed by atoms with Gasteiger partial charge in [0.1, 0.15) is 0 Å². The highest BCUT2D eigenvalue weighted by Gasteiger charge is 2.65. The molecule has 5 nitrogen and oxygen atoms in total. The van der Waals surface area contributed by atoms with E-state index in [0.717, 1.165) is 29.3 Å². The molecule has 3 saturated carbocycles. The second-order valence-electron chi connectivity index (χ2n) is 15.5. The van der Waals surface area contributed by atoms with Gasteiger partial charge in [-0.1, -0.05) is 64.3 Å². The number of fused-ring (bicyclic) bond motifs is 8. The summed E-state index contributed by atoms with van der Waals surface area (Å²) in [5, 5.41) is 30.1. The number of benzene rings is 2. The minimum atomic E-state index is -0.250. The van der Waals surface area contributed by atoms with Crippen LogP contribution in [0.5, 0.6) is 11.5 Å². The smallest absolute Gasteiger partial charge is 0.290 e. The van der Waals surface area contributed by atoms with Gasteiger partial charge in [0.25, 0.3) is 6.47 Å². The highest BCUT2D eigenvalue weighted by Crippen LogP contribution is 2.74. The topological polar surface area (TPSA) is 93.5 Å². The number of carbonyl (C=O) groups is 1. The number of phenolic OH excluding ortho intramolecular Hbond substituents is 2. The number of hydrogen-bond donors (Lipinski definition) is 4. The fourth-order valence-corrected chi connectivity index (χ4v) is 10.6. The number of aromatic hydroxyl groups is 2. The van der Waals surface area contributed by atoms with Crippen LogP contribution in [0.1, 0.15) is 113 Å². The van der Waals surface area contributed by atoms with Gasteiger partial charge in [0, 0.05) is 28.4 Å². The van der Waals surface area contributed by atoms with E-state index in [0.29, 0.717) is 5.41 Å². The Morgan fingerprint density at radius 1 is 0.977 bits per heavy atom. The third-order valence-corrected chi connectivity index (χ3v) is 13.3. The maximum Gasteiger partial charge on any atom is 0.290 e. The standard InChI is InChI=1S/C37H47NO2.CH2O2/c1-21-8-9-28-24(16-21)26(20-38-28)25-18-31-35(5,27-19-29(39)33(40)23(3)32(25)27)13-15-36(6)30-17-22(2)10-11-34(30,4)12-14-37(31,36)7;2-1-3/h8-9,16,18-20,22,25,30,38-40H,10-15,17H2,1-7H3;1H,(H,2,3)/t22-,25?,30+,34+,35-,36-,37?;/m0./s1. The molecule has 2 aromatic carbocycles. The van der Waals surface area contributed by atoms with Crippen LogP contribution in [0.3, 0.4) is 0 Å². The molecule has 4 aliphatic rings. The zero-order chi connectivity index (χ0) is 31.1. The van der Waals surface area contributed by atoms with Crippen molar-refractivity contribution in [2.75, 3.05) is 0 Å². The highest BCUT2D eigenvalue weighted by atomic mass is 16.3. The van der Waals surface area contributed by atoms with Crippen LogP contribution in [0.15, 0.2) is 42.1 Å². The predicted octanol–water partition coefficient (Wildman–Crippen LogP) is 9.27. The van der Waals surface area contributed by atoms with Gasteiger partial charge in [-0.15, -0.1) is 0 Å². The van der Waals surface area contributed by atoms with Crippen molar-refractivity contribution < 1.29 is 20.1 Å². The van der Waals surface area contributed by atoms with Crippen LogP contribution in [0, 0.1) is 41.9 Å². The molecular weight excluding hydrogens is 534 g/mol. The number of H-pyrrole nitrogens is 1. The van der Waals surface area contributed by atoms with E-state index in [1.54, 1.807) is 5.57 Å². The van der Waals surface area contributed by atoms with Crippen LogP contribution >= 0.6 is 0 Å². The Hall–Kier alpha value is -3.21. The molecular formula is C38H49NO4. The summed E-state index contributed by atoms with van der Waals surface area (Å²) in [5.41, 5.74) is 9.08. The summed E-state index contributed by atoms with van der Waals surface area (Å²) in [5.74, 6) is 1.60. The van der Waals surface area contributed by atoms with Crippen LogP contribution in [0.2, 0.25) is 0 Å². The molecule has 1 heterocycles. The first-order valence-corrected chi connectivity index (χ1v) is 16.2. The Kier molecular flexibility index (Phi) is 6.87. The van der Waals surface area contributed by atoms with E-state index in [9.17, 15) is 10.2 Å². The average molecular weight is 584 g/mol. The molecule has 7 rings (SSSR count). The Labute approximate surface area is 256 Å². The van der Waals surface area contributed by atoms with Crippen molar-refractivity contribution in [2.24, 2.45) is 28.1 Å². The van der Waals surface area contributed by atoms with Crippen LogP contribution < -0.4 is 0 Å². The van der Waals surface area contributed by atoms with Crippen LogP contribution in [-0.4, -0.2) is 26.8 Å². The Morgan fingerprint density at radius 3 is 2.42 bits per heavy atom. The number of nitrogens with one attached hydrogen (secondary N) is 1. The van der Waals surface area contributed by atoms with E-state index in [4.69, 9.17) is 9.90 Å². The van der Waals surface area contributed by atoms with Crippen molar-refractivity contribution in [1.82, 2.24) is 4.98 Å². The molecule has 7 atom stereocenters. The summed E-state index contributed by atoms with van der Waals surface area (Å²) in [6, 6.07) is 8.56. The largest absolute Gasteiger partial charge is 0.504 e. The maximum absolute atomic E-state index is 11.0. The van der Waals surface area contributed by atoms with Crippen molar-refractivity contribution in [3.8, 4) is 11.5 Å². The first kappa shape index (κ1) is 29.8. The number of aromatic amines is 1. The first-order valence-electron chi connectivity index (χ1n) is 16.2. The molecule has 0 saturated heterocycles. The Balaban J connectivity index is 0.00000105. The van der Waals surface area contributed by atoms with E-state index in [2.05, 4.69) is 77.0 Å². The number of aryl methyl sites for hydroxylation is 1. The number of aromatic nitrogens is 1. The number of allylic oxidation sites excluding steroid dienone is 2. The Bertz CT molecular complexity index is 1630. The number of carboxylic acid groups (broad SMARTS) is 1. The fourth-order valence-electron chi connectivity index (χ4n) is 10.6. The fraction of sp³-hybridized carbons (Fsp3) is 0.553. The molecule has 4 aliphatic carbocycles. The molecule has 43 heavy (non-hydrogen) atoms. The molecule has 0 spiro atoms. The lowest BCUT2D eigenvalue weighted by atomic mass is 9.35. The molecule has 4 N–H and O–H groups in total. The third-order valence-electron chi connectivity index (χ3n) is 13.3. The van der Waals surface area contributed by atoms with Crippen LogP contribution in [0.25, 0.3) is 10.9 Å². The normalized spacial score (nSPS) is 36.3. The van der Waals surface area contributed by atoms with E-state index in [-0.39, 0.29) is 40.1 Å². The van der Waals surface area contributed by atoms with Gasteiger partial charge in [-0.25, -0.2) is 0 Å². The summed E-state index contributed by atoms with van der Waals surface area (Å²) >= 11 is 0. The monoisotopic (exact) mass is 583 g/mol. The first-order chi connectivity index (χ1) is 20.2. The molecule has 3 aromatic rings.